The molecule has 0 amide bonds. The molecule has 8 nitrogen and oxygen atoms in total. The number of hydrogen-bond donors (Lipinski definition) is 0. The smallest absolute Gasteiger partial charge is 0.231 e. The molecule has 2 aromatic carbocycles. The molecule has 2 aromatic heterocycles. The van der Waals surface area contributed by atoms with Crippen LogP contribution in [0.2, 0.25) is 18.1 Å². The van der Waals surface area contributed by atoms with Crippen LogP contribution in [0.25, 0.3) is 9.53 Å². The molecule has 0 saturated carbocycles. The molecule has 44 heavy (non-hydrogen) atoms. The lowest BCUT2D eigenvalue weighted by molar-refractivity contribution is 0.205. The van der Waals surface area contributed by atoms with Gasteiger partial charge < -0.3 is 14.1 Å². The summed E-state index contributed by atoms with van der Waals surface area (Å²) in [4.78, 5) is 7.53. The van der Waals surface area contributed by atoms with Crippen LogP contribution >= 0.6 is 22.7 Å². The highest BCUT2D eigenvalue weighted by Crippen LogP contribution is 2.39. The lowest BCUT2D eigenvalue weighted by Gasteiger charge is -2.32. The first-order valence-electron chi connectivity index (χ1n) is 15.8. The first kappa shape index (κ1) is 33.9. The van der Waals surface area contributed by atoms with Gasteiger partial charge in [0.2, 0.25) is 5.13 Å². The molecule has 0 aliphatic carbocycles. The first-order chi connectivity index (χ1) is 21.4. The van der Waals surface area contributed by atoms with Crippen LogP contribution < -0.4 is 9.64 Å². The Balaban J connectivity index is 1.27. The predicted octanol–water partition coefficient (Wildman–Crippen LogP) is 12.0. The Bertz CT molecular complexity index is 1410. The zero-order chi connectivity index (χ0) is 31.2. The minimum Gasteiger partial charge on any atom is -0.491 e. The average Bonchev–Trinajstić information content (AvgIpc) is 3.61. The highest BCUT2D eigenvalue weighted by atomic mass is 32.1. The normalized spacial score (nSPS) is 12.2. The average molecular weight is 651 g/mol. The number of fused-ring (bicyclic) bond motifs is 1. The van der Waals surface area contributed by atoms with Crippen molar-refractivity contribution in [2.75, 3.05) is 32.2 Å². The van der Waals surface area contributed by atoms with Crippen molar-refractivity contribution in [3.63, 3.8) is 0 Å². The molecular formula is C33H46N6O2S2Si. The SMILES string of the molecule is CCCC[Si](CCCC)(CCCC)OCCOc1ccc(N=Nc2cc3sc(N=Nc4ccc(N(C)C)cc4)nc3s2)cc1. The van der Waals surface area contributed by atoms with Crippen molar-refractivity contribution < 1.29 is 9.16 Å². The van der Waals surface area contributed by atoms with Gasteiger partial charge in [0.1, 0.15) is 22.2 Å². The summed E-state index contributed by atoms with van der Waals surface area (Å²) in [6.07, 6.45) is 7.53. The summed E-state index contributed by atoms with van der Waals surface area (Å²) < 4.78 is 13.8. The third kappa shape index (κ3) is 10.3. The van der Waals surface area contributed by atoms with Crippen molar-refractivity contribution in [3.8, 4) is 5.75 Å². The standard InChI is InChI=1S/C33H46N6O2S2Si/c1-6-9-22-44(23-10-7-2,24-11-8-3)41-21-20-40-29-18-14-27(15-19-29)35-37-31-25-30-32(43-31)34-33(42-30)38-36-26-12-16-28(17-13-26)39(4)5/h12-19,25H,6-11,20-24H2,1-5H3. The number of thiazole rings is 1. The van der Waals surface area contributed by atoms with Gasteiger partial charge in [-0.25, -0.2) is 4.98 Å². The third-order valence-electron chi connectivity index (χ3n) is 7.50. The van der Waals surface area contributed by atoms with E-state index in [9.17, 15) is 0 Å². The number of rotatable bonds is 19. The second-order valence-electron chi connectivity index (χ2n) is 11.2. The van der Waals surface area contributed by atoms with Gasteiger partial charge in [0, 0.05) is 19.8 Å². The van der Waals surface area contributed by atoms with Gasteiger partial charge in [-0.1, -0.05) is 82.0 Å². The van der Waals surface area contributed by atoms with E-state index in [4.69, 9.17) is 9.16 Å². The maximum atomic E-state index is 6.70. The molecule has 0 fully saturated rings. The molecule has 0 unspecified atom stereocenters. The summed E-state index contributed by atoms with van der Waals surface area (Å²) in [5, 5.41) is 18.9. The van der Waals surface area contributed by atoms with Crippen molar-refractivity contribution in [1.29, 1.82) is 0 Å². The number of aromatic nitrogens is 1. The van der Waals surface area contributed by atoms with Crippen LogP contribution in [0.15, 0.2) is 75.1 Å². The highest BCUT2D eigenvalue weighted by molar-refractivity contribution is 7.30. The molecule has 0 radical (unpaired) electrons. The summed E-state index contributed by atoms with van der Waals surface area (Å²) in [5.74, 6) is 0.826. The topological polar surface area (TPSA) is 84.0 Å². The summed E-state index contributed by atoms with van der Waals surface area (Å²) in [6.45, 7) is 8.08. The van der Waals surface area contributed by atoms with Gasteiger partial charge in [0.15, 0.2) is 8.32 Å². The third-order valence-corrected chi connectivity index (χ3v) is 14.0. The first-order valence-corrected chi connectivity index (χ1v) is 20.0. The van der Waals surface area contributed by atoms with Crippen LogP contribution in [-0.4, -0.2) is 40.6 Å². The Morgan fingerprint density at radius 3 is 1.89 bits per heavy atom. The zero-order valence-corrected chi connectivity index (χ0v) is 29.4. The predicted molar refractivity (Wildman–Crippen MR) is 189 cm³/mol. The van der Waals surface area contributed by atoms with Gasteiger partial charge in [-0.15, -0.1) is 20.5 Å². The van der Waals surface area contributed by atoms with Gasteiger partial charge in [0.25, 0.3) is 0 Å². The molecule has 0 atom stereocenters. The minimum atomic E-state index is -1.70. The van der Waals surface area contributed by atoms with Gasteiger partial charge in [-0.05, 0) is 72.7 Å². The summed E-state index contributed by atoms with van der Waals surface area (Å²) in [5.41, 5.74) is 2.69. The minimum absolute atomic E-state index is 0.573. The molecule has 4 rings (SSSR count). The Hall–Kier alpha value is -2.99. The van der Waals surface area contributed by atoms with E-state index >= 15 is 0 Å². The fourth-order valence-electron chi connectivity index (χ4n) is 4.94. The zero-order valence-electron chi connectivity index (χ0n) is 26.8. The van der Waals surface area contributed by atoms with Crippen LogP contribution in [0.5, 0.6) is 5.75 Å². The largest absolute Gasteiger partial charge is 0.491 e. The molecule has 0 aliphatic rings. The summed E-state index contributed by atoms with van der Waals surface area (Å²) in [6, 6.07) is 21.5. The summed E-state index contributed by atoms with van der Waals surface area (Å²) >= 11 is 2.99. The number of benzene rings is 2. The maximum Gasteiger partial charge on any atom is 0.231 e. The van der Waals surface area contributed by atoms with Crippen LogP contribution in [0.4, 0.5) is 27.2 Å². The van der Waals surface area contributed by atoms with E-state index < -0.39 is 8.32 Å². The molecule has 236 valence electrons. The second-order valence-corrected chi connectivity index (χ2v) is 17.4. The van der Waals surface area contributed by atoms with E-state index in [1.165, 1.54) is 79.3 Å². The highest BCUT2D eigenvalue weighted by Gasteiger charge is 2.33. The molecular weight excluding hydrogens is 605 g/mol. The quantitative estimate of drug-likeness (QED) is 0.0574. The summed E-state index contributed by atoms with van der Waals surface area (Å²) in [7, 11) is 2.32. The fourth-order valence-corrected chi connectivity index (χ4v) is 11.5. The Labute approximate surface area is 271 Å². The Morgan fingerprint density at radius 2 is 1.32 bits per heavy atom. The van der Waals surface area contributed by atoms with Gasteiger partial charge in [-0.3, -0.25) is 0 Å². The van der Waals surface area contributed by atoms with E-state index in [-0.39, 0.29) is 0 Å². The van der Waals surface area contributed by atoms with E-state index in [1.54, 1.807) is 0 Å². The molecule has 11 heteroatoms. The molecule has 0 N–H and O–H groups in total. The van der Waals surface area contributed by atoms with Crippen LogP contribution in [0.1, 0.15) is 59.3 Å². The van der Waals surface area contributed by atoms with Crippen molar-refractivity contribution in [2.45, 2.75) is 77.4 Å². The van der Waals surface area contributed by atoms with Crippen molar-refractivity contribution >= 4 is 67.7 Å². The van der Waals surface area contributed by atoms with Crippen LogP contribution in [0, 0.1) is 0 Å². The number of anilines is 1. The van der Waals surface area contributed by atoms with Crippen LogP contribution in [-0.2, 0) is 4.43 Å². The lowest BCUT2D eigenvalue weighted by atomic mass is 10.3. The van der Waals surface area contributed by atoms with Crippen molar-refractivity contribution in [3.05, 3.63) is 54.6 Å². The molecule has 2 heterocycles. The lowest BCUT2D eigenvalue weighted by Crippen LogP contribution is -2.39. The van der Waals surface area contributed by atoms with E-state index in [2.05, 4.69) is 51.1 Å². The number of thiophene rings is 1. The monoisotopic (exact) mass is 650 g/mol. The molecule has 0 aliphatic heterocycles. The number of nitrogens with zero attached hydrogens (tertiary/aromatic N) is 6. The molecule has 0 saturated heterocycles. The Kier molecular flexibility index (Phi) is 13.5. The fraction of sp³-hybridized carbons (Fsp3) is 0.485. The number of hydrogen-bond acceptors (Lipinski definition) is 10. The van der Waals surface area contributed by atoms with Gasteiger partial charge >= 0.3 is 0 Å². The number of ether oxygens (including phenoxy) is 1. The van der Waals surface area contributed by atoms with Gasteiger partial charge in [-0.2, -0.15) is 0 Å². The number of unbranched alkanes of at least 4 members (excludes halogenated alkanes) is 3. The molecule has 0 spiro atoms. The van der Waals surface area contributed by atoms with Gasteiger partial charge in [0.05, 0.1) is 22.7 Å². The van der Waals surface area contributed by atoms with Crippen molar-refractivity contribution in [1.82, 2.24) is 4.98 Å². The molecule has 0 bridgehead atoms. The van der Waals surface area contributed by atoms with Crippen molar-refractivity contribution in [2.24, 2.45) is 20.5 Å². The van der Waals surface area contributed by atoms with E-state index in [0.29, 0.717) is 18.3 Å². The van der Waals surface area contributed by atoms with E-state index in [1.807, 2.05) is 68.7 Å². The maximum absolute atomic E-state index is 6.70. The Morgan fingerprint density at radius 1 is 0.727 bits per heavy atom. The molecule has 4 aromatic rings. The van der Waals surface area contributed by atoms with E-state index in [0.717, 1.165) is 37.3 Å². The second kappa shape index (κ2) is 17.5. The van der Waals surface area contributed by atoms with Crippen LogP contribution in [0.3, 0.4) is 0 Å². The number of azo groups is 2.